The van der Waals surface area contributed by atoms with Crippen molar-refractivity contribution in [3.05, 3.63) is 29.8 Å². The van der Waals surface area contributed by atoms with Gasteiger partial charge in [-0.05, 0) is 56.6 Å². The fourth-order valence-corrected chi connectivity index (χ4v) is 4.78. The van der Waals surface area contributed by atoms with Crippen molar-refractivity contribution in [2.75, 3.05) is 18.1 Å². The Labute approximate surface area is 189 Å². The first-order chi connectivity index (χ1) is 14.4. The molecule has 1 rings (SSSR count). The van der Waals surface area contributed by atoms with Crippen molar-refractivity contribution < 1.29 is 24.2 Å². The van der Waals surface area contributed by atoms with E-state index in [1.54, 1.807) is 0 Å². The van der Waals surface area contributed by atoms with Crippen molar-refractivity contribution in [2.24, 2.45) is 0 Å². The molecule has 0 aliphatic carbocycles. The van der Waals surface area contributed by atoms with Crippen LogP contribution in [0.2, 0.25) is 0 Å². The zero-order valence-electron chi connectivity index (χ0n) is 18.9. The smallest absolute Gasteiger partial charge is 0.310 e. The van der Waals surface area contributed by atoms with Crippen LogP contribution in [0.1, 0.15) is 83.6 Å². The molecule has 0 aliphatic heterocycles. The highest BCUT2D eigenvalue weighted by molar-refractivity contribution is 8.45. The van der Waals surface area contributed by atoms with Gasteiger partial charge in [-0.15, -0.1) is 0 Å². The molecule has 0 amide bonds. The predicted octanol–water partition coefficient (Wildman–Crippen LogP) is 9.95. The molecular weight excluding hydrogens is 451 g/mol. The minimum Gasteiger partial charge on any atom is -0.378 e. The highest BCUT2D eigenvalue weighted by Gasteiger charge is 2.65. The molecule has 0 bridgehead atoms. The number of hydrogen-bond donors (Lipinski definition) is 0. The van der Waals surface area contributed by atoms with E-state index in [1.807, 2.05) is 11.8 Å². The number of ether oxygens (including phenoxy) is 1. The van der Waals surface area contributed by atoms with E-state index in [0.29, 0.717) is 30.2 Å². The maximum atomic E-state index is 12.7. The van der Waals surface area contributed by atoms with Crippen LogP contribution in [0.25, 0.3) is 0 Å². The molecule has 0 radical (unpaired) electrons. The average Bonchev–Trinajstić information content (AvgIpc) is 2.66. The van der Waals surface area contributed by atoms with Gasteiger partial charge in [0.1, 0.15) is 4.90 Å². The number of hydrogen-bond acceptors (Lipinski definition) is 2. The normalized spacial score (nSPS) is 14.6. The standard InChI is InChI=1S/C23H39F5OS2/c1-21(2)29-18-20-30-19-12-10-8-6-4-3-5-7-9-11-13-22-14-16-23(17-15-22)31(24,25,26,27)28/h14-17,21H,3-13,18-20H2,1-2H3. The zero-order chi connectivity index (χ0) is 23.3. The van der Waals surface area contributed by atoms with Gasteiger partial charge in [-0.25, -0.2) is 0 Å². The maximum absolute atomic E-state index is 12.7. The zero-order valence-corrected chi connectivity index (χ0v) is 20.5. The second-order valence-electron chi connectivity index (χ2n) is 8.43. The Kier molecular flexibility index (Phi) is 11.7. The second kappa shape index (κ2) is 12.7. The number of rotatable bonds is 18. The molecule has 184 valence electrons. The lowest BCUT2D eigenvalue weighted by Gasteiger charge is -2.40. The van der Waals surface area contributed by atoms with Crippen LogP contribution in [-0.2, 0) is 11.2 Å². The molecule has 0 saturated heterocycles. The van der Waals surface area contributed by atoms with Gasteiger partial charge in [0.25, 0.3) is 0 Å². The van der Waals surface area contributed by atoms with Crippen LogP contribution < -0.4 is 0 Å². The highest BCUT2D eigenvalue weighted by Crippen LogP contribution is 3.02. The third-order valence-corrected chi connectivity index (χ3v) is 7.25. The Morgan fingerprint density at radius 2 is 1.19 bits per heavy atom. The van der Waals surface area contributed by atoms with Crippen LogP contribution >= 0.6 is 22.0 Å². The lowest BCUT2D eigenvalue weighted by atomic mass is 10.0. The largest absolute Gasteiger partial charge is 0.378 e. The molecule has 1 nitrogen and oxygen atoms in total. The first-order valence-electron chi connectivity index (χ1n) is 11.4. The van der Waals surface area contributed by atoms with Gasteiger partial charge in [-0.2, -0.15) is 11.8 Å². The van der Waals surface area contributed by atoms with Crippen LogP contribution in [0.5, 0.6) is 0 Å². The van der Waals surface area contributed by atoms with Crippen LogP contribution in [0.4, 0.5) is 19.4 Å². The molecule has 0 unspecified atom stereocenters. The third-order valence-electron chi connectivity index (χ3n) is 5.05. The van der Waals surface area contributed by atoms with Crippen molar-refractivity contribution in [3.8, 4) is 0 Å². The monoisotopic (exact) mass is 490 g/mol. The molecule has 0 heterocycles. The topological polar surface area (TPSA) is 9.23 Å². The van der Waals surface area contributed by atoms with Crippen LogP contribution in [0.3, 0.4) is 0 Å². The fourth-order valence-electron chi connectivity index (χ4n) is 3.31. The quantitative estimate of drug-likeness (QED) is 0.150. The number of thioether (sulfide) groups is 1. The van der Waals surface area contributed by atoms with Gasteiger partial charge in [-0.3, -0.25) is 0 Å². The molecule has 0 saturated carbocycles. The fraction of sp³-hybridized carbons (Fsp3) is 0.739. The molecular formula is C23H39F5OS2. The van der Waals surface area contributed by atoms with Crippen molar-refractivity contribution in [2.45, 2.75) is 95.5 Å². The summed E-state index contributed by atoms with van der Waals surface area (Å²) in [6.07, 6.45) is 12.7. The lowest BCUT2D eigenvalue weighted by Crippen LogP contribution is -2.05. The molecule has 1 aromatic carbocycles. The van der Waals surface area contributed by atoms with Crippen molar-refractivity contribution in [3.63, 3.8) is 0 Å². The minimum absolute atomic E-state index is 0.318. The summed E-state index contributed by atoms with van der Waals surface area (Å²) in [4.78, 5) is -1.81. The summed E-state index contributed by atoms with van der Waals surface area (Å²) >= 11 is 1.97. The molecule has 0 N–H and O–H groups in total. The molecule has 8 heteroatoms. The maximum Gasteiger partial charge on any atom is 0.310 e. The number of unbranched alkanes of at least 4 members (excludes halogenated alkanes) is 9. The van der Waals surface area contributed by atoms with Crippen LogP contribution in [-0.4, -0.2) is 24.2 Å². The summed E-state index contributed by atoms with van der Waals surface area (Å²) in [7, 11) is -9.55. The van der Waals surface area contributed by atoms with E-state index in [-0.39, 0.29) is 0 Å². The van der Waals surface area contributed by atoms with E-state index >= 15 is 0 Å². The predicted molar refractivity (Wildman–Crippen MR) is 126 cm³/mol. The molecule has 31 heavy (non-hydrogen) atoms. The molecule has 0 aromatic heterocycles. The molecule has 0 spiro atoms. The van der Waals surface area contributed by atoms with E-state index in [2.05, 4.69) is 13.8 Å². The molecule has 1 aromatic rings. The van der Waals surface area contributed by atoms with Gasteiger partial charge in [0, 0.05) is 5.75 Å². The first-order valence-corrected chi connectivity index (χ1v) is 14.5. The van der Waals surface area contributed by atoms with Crippen LogP contribution in [0, 0.1) is 0 Å². The third kappa shape index (κ3) is 15.1. The number of halogens is 5. The van der Waals surface area contributed by atoms with Crippen LogP contribution in [0.15, 0.2) is 29.2 Å². The van der Waals surface area contributed by atoms with Gasteiger partial charge in [0.05, 0.1) is 12.7 Å². The Morgan fingerprint density at radius 3 is 1.68 bits per heavy atom. The van der Waals surface area contributed by atoms with Crippen molar-refractivity contribution in [1.82, 2.24) is 0 Å². The molecule has 0 aliphatic rings. The number of benzene rings is 1. The summed E-state index contributed by atoms with van der Waals surface area (Å²) in [5.74, 6) is 2.29. The van der Waals surface area contributed by atoms with E-state index in [1.165, 1.54) is 62.8 Å². The summed E-state index contributed by atoms with van der Waals surface area (Å²) in [6, 6.07) is 3.37. The number of aryl methyl sites for hydroxylation is 1. The Balaban J connectivity index is 1.93. The minimum atomic E-state index is -9.55. The van der Waals surface area contributed by atoms with Gasteiger partial charge >= 0.3 is 10.2 Å². The Hall–Kier alpha value is -0.470. The Morgan fingerprint density at radius 1 is 0.710 bits per heavy atom. The van der Waals surface area contributed by atoms with E-state index in [9.17, 15) is 19.4 Å². The van der Waals surface area contributed by atoms with Crippen molar-refractivity contribution in [1.29, 1.82) is 0 Å². The first kappa shape index (κ1) is 28.6. The highest BCUT2D eigenvalue weighted by atomic mass is 32.5. The second-order valence-corrected chi connectivity index (χ2v) is 12.1. The van der Waals surface area contributed by atoms with Gasteiger partial charge < -0.3 is 4.74 Å². The molecule has 0 fully saturated rings. The molecule has 0 atom stereocenters. The lowest BCUT2D eigenvalue weighted by molar-refractivity contribution is 0.0920. The Bertz CT molecular complexity index is 603. The van der Waals surface area contributed by atoms with Gasteiger partial charge in [-0.1, -0.05) is 82.9 Å². The summed E-state index contributed by atoms with van der Waals surface area (Å²) in [5.41, 5.74) is 0.677. The summed E-state index contributed by atoms with van der Waals surface area (Å²) in [5, 5.41) is 0. The SMILES string of the molecule is CC(C)OCCSCCCCCCCCCCCCc1ccc(S(F)(F)(F)(F)F)cc1. The van der Waals surface area contributed by atoms with E-state index in [0.717, 1.165) is 31.6 Å². The summed E-state index contributed by atoms with van der Waals surface area (Å²) in [6.45, 7) is 4.96. The van der Waals surface area contributed by atoms with E-state index in [4.69, 9.17) is 4.74 Å². The summed E-state index contributed by atoms with van der Waals surface area (Å²) < 4.78 is 69.0. The van der Waals surface area contributed by atoms with Gasteiger partial charge in [0.15, 0.2) is 0 Å². The van der Waals surface area contributed by atoms with Gasteiger partial charge in [0.2, 0.25) is 0 Å². The van der Waals surface area contributed by atoms with E-state index < -0.39 is 15.1 Å². The van der Waals surface area contributed by atoms with Crippen molar-refractivity contribution >= 4 is 22.0 Å². The average molecular weight is 491 g/mol.